The van der Waals surface area contributed by atoms with Gasteiger partial charge in [-0.25, -0.2) is 0 Å². The number of benzene rings is 2. The number of carbonyl (C=O) groups is 2. The molecule has 1 fully saturated rings. The van der Waals surface area contributed by atoms with Crippen LogP contribution in [0.25, 0.3) is 10.9 Å². The van der Waals surface area contributed by atoms with E-state index in [-0.39, 0.29) is 37.3 Å². The standard InChI is InChI=1S/C27H30F3N3O4/c1-16-2-11-21(26(37)32-23(15-34)19-7-3-17(4-8-19)12-24(35)36)22-13-31-33(25(16)22)14-18-5-9-20(10-6-18)27(28,29)30/h2,5-6,9-11,13,17,19,23,34H,3-4,7-8,12,14-15H2,1H3,(H,32,37)(H,35,36). The molecule has 1 aromatic heterocycles. The van der Waals surface area contributed by atoms with Gasteiger partial charge in [0.2, 0.25) is 0 Å². The number of nitrogens with zero attached hydrogens (tertiary/aromatic N) is 2. The number of carboxylic acid groups (broad SMARTS) is 1. The Morgan fingerprint density at radius 2 is 1.78 bits per heavy atom. The lowest BCUT2D eigenvalue weighted by Gasteiger charge is -2.33. The summed E-state index contributed by atoms with van der Waals surface area (Å²) in [6.07, 6.45) is 0.270. The molecule has 1 saturated carbocycles. The maximum Gasteiger partial charge on any atom is 0.416 e. The molecule has 7 nitrogen and oxygen atoms in total. The molecule has 1 aliphatic carbocycles. The smallest absolute Gasteiger partial charge is 0.416 e. The molecule has 3 aromatic rings. The summed E-state index contributed by atoms with van der Waals surface area (Å²) in [5.74, 6) is -0.971. The molecule has 10 heteroatoms. The highest BCUT2D eigenvalue weighted by Gasteiger charge is 2.31. The van der Waals surface area contributed by atoms with Crippen molar-refractivity contribution in [1.29, 1.82) is 0 Å². The van der Waals surface area contributed by atoms with E-state index in [2.05, 4.69) is 10.4 Å². The SMILES string of the molecule is Cc1ccc(C(=O)NC(CO)C2CCC(CC(=O)O)CC2)c2cnn(Cc3ccc(C(F)(F)F)cc3)c12. The minimum atomic E-state index is -4.40. The number of aryl methyl sites for hydroxylation is 1. The first-order valence-corrected chi connectivity index (χ1v) is 12.3. The van der Waals surface area contributed by atoms with Gasteiger partial charge in [-0.15, -0.1) is 0 Å². The second kappa shape index (κ2) is 10.9. The minimum absolute atomic E-state index is 0.0577. The van der Waals surface area contributed by atoms with Gasteiger partial charge < -0.3 is 15.5 Å². The Morgan fingerprint density at radius 3 is 2.38 bits per heavy atom. The first-order valence-electron chi connectivity index (χ1n) is 12.3. The number of aliphatic hydroxyl groups is 1. The monoisotopic (exact) mass is 517 g/mol. The number of carbonyl (C=O) groups excluding carboxylic acids is 1. The number of hydrogen-bond donors (Lipinski definition) is 3. The van der Waals surface area contributed by atoms with Crippen LogP contribution in [0.15, 0.2) is 42.6 Å². The van der Waals surface area contributed by atoms with Gasteiger partial charge in [0.1, 0.15) is 0 Å². The zero-order valence-electron chi connectivity index (χ0n) is 20.5. The van der Waals surface area contributed by atoms with Crippen LogP contribution in [0.5, 0.6) is 0 Å². The summed E-state index contributed by atoms with van der Waals surface area (Å²) in [5.41, 5.74) is 1.91. The van der Waals surface area contributed by atoms with Crippen LogP contribution < -0.4 is 5.32 Å². The van der Waals surface area contributed by atoms with Crippen molar-refractivity contribution in [1.82, 2.24) is 15.1 Å². The van der Waals surface area contributed by atoms with Gasteiger partial charge in [0.25, 0.3) is 5.91 Å². The molecule has 37 heavy (non-hydrogen) atoms. The van der Waals surface area contributed by atoms with Crippen LogP contribution in [0.3, 0.4) is 0 Å². The third-order valence-electron chi connectivity index (χ3n) is 7.30. The van der Waals surface area contributed by atoms with Crippen molar-refractivity contribution in [3.8, 4) is 0 Å². The lowest BCUT2D eigenvalue weighted by Crippen LogP contribution is -2.44. The first kappa shape index (κ1) is 26.7. The van der Waals surface area contributed by atoms with Gasteiger partial charge in [0.15, 0.2) is 0 Å². The second-order valence-corrected chi connectivity index (χ2v) is 9.83. The molecule has 1 unspecified atom stereocenters. The van der Waals surface area contributed by atoms with Crippen LogP contribution >= 0.6 is 0 Å². The van der Waals surface area contributed by atoms with Crippen molar-refractivity contribution in [3.63, 3.8) is 0 Å². The van der Waals surface area contributed by atoms with Crippen molar-refractivity contribution in [2.24, 2.45) is 11.8 Å². The number of aliphatic carboxylic acids is 1. The third-order valence-corrected chi connectivity index (χ3v) is 7.30. The predicted octanol–water partition coefficient (Wildman–Crippen LogP) is 4.78. The average molecular weight is 518 g/mol. The van der Waals surface area contributed by atoms with Crippen LogP contribution in [-0.2, 0) is 17.5 Å². The summed E-state index contributed by atoms with van der Waals surface area (Å²) >= 11 is 0. The lowest BCUT2D eigenvalue weighted by atomic mass is 9.77. The molecule has 0 bridgehead atoms. The zero-order chi connectivity index (χ0) is 26.7. The molecule has 1 amide bonds. The largest absolute Gasteiger partial charge is 0.481 e. The third kappa shape index (κ3) is 6.12. The fourth-order valence-corrected chi connectivity index (χ4v) is 5.27. The molecule has 0 aliphatic heterocycles. The average Bonchev–Trinajstić information content (AvgIpc) is 3.27. The van der Waals surface area contributed by atoms with Gasteiger partial charge in [0.05, 0.1) is 42.0 Å². The maximum atomic E-state index is 13.2. The van der Waals surface area contributed by atoms with Gasteiger partial charge >= 0.3 is 12.1 Å². The molecular weight excluding hydrogens is 487 g/mol. The van der Waals surface area contributed by atoms with E-state index in [1.54, 1.807) is 23.0 Å². The molecule has 2 aromatic carbocycles. The number of fused-ring (bicyclic) bond motifs is 1. The molecule has 1 heterocycles. The summed E-state index contributed by atoms with van der Waals surface area (Å²) < 4.78 is 40.3. The van der Waals surface area contributed by atoms with Crippen molar-refractivity contribution in [3.05, 3.63) is 64.8 Å². The Morgan fingerprint density at radius 1 is 1.11 bits per heavy atom. The highest BCUT2D eigenvalue weighted by Crippen LogP contribution is 2.33. The van der Waals surface area contributed by atoms with Gasteiger partial charge in [-0.3, -0.25) is 14.3 Å². The van der Waals surface area contributed by atoms with E-state index in [9.17, 15) is 27.9 Å². The van der Waals surface area contributed by atoms with Crippen molar-refractivity contribution < 1.29 is 33.0 Å². The van der Waals surface area contributed by atoms with E-state index >= 15 is 0 Å². The van der Waals surface area contributed by atoms with Gasteiger partial charge in [-0.05, 0) is 73.8 Å². The highest BCUT2D eigenvalue weighted by atomic mass is 19.4. The fraction of sp³-hybridized carbons (Fsp3) is 0.444. The van der Waals surface area contributed by atoms with Gasteiger partial charge in [0, 0.05) is 11.8 Å². The second-order valence-electron chi connectivity index (χ2n) is 9.83. The summed E-state index contributed by atoms with van der Waals surface area (Å²) in [6, 6.07) is 7.96. The normalized spacial score (nSPS) is 19.1. The van der Waals surface area contributed by atoms with E-state index < -0.39 is 23.8 Å². The topological polar surface area (TPSA) is 104 Å². The van der Waals surface area contributed by atoms with E-state index in [1.165, 1.54) is 12.1 Å². The number of amides is 1. The number of rotatable bonds is 8. The minimum Gasteiger partial charge on any atom is -0.481 e. The fourth-order valence-electron chi connectivity index (χ4n) is 5.27. The van der Waals surface area contributed by atoms with Crippen LogP contribution in [0, 0.1) is 18.8 Å². The van der Waals surface area contributed by atoms with Crippen LogP contribution in [0.1, 0.15) is 59.2 Å². The van der Waals surface area contributed by atoms with Crippen molar-refractivity contribution in [2.45, 2.75) is 57.8 Å². The molecule has 0 radical (unpaired) electrons. The molecule has 198 valence electrons. The molecule has 3 N–H and O–H groups in total. The number of aromatic nitrogens is 2. The number of carboxylic acids is 1. The Hall–Kier alpha value is -3.40. The van der Waals surface area contributed by atoms with Crippen LogP contribution in [0.4, 0.5) is 13.2 Å². The number of nitrogens with one attached hydrogen (secondary N) is 1. The summed E-state index contributed by atoms with van der Waals surface area (Å²) in [5, 5.41) is 27.0. The Kier molecular flexibility index (Phi) is 7.87. The van der Waals surface area contributed by atoms with Crippen molar-refractivity contribution in [2.75, 3.05) is 6.61 Å². The first-order chi connectivity index (χ1) is 17.6. The number of hydrogen-bond acceptors (Lipinski definition) is 4. The zero-order valence-corrected chi connectivity index (χ0v) is 20.5. The lowest BCUT2D eigenvalue weighted by molar-refractivity contribution is -0.139. The Bertz CT molecular complexity index is 1260. The van der Waals surface area contributed by atoms with Crippen LogP contribution in [-0.4, -0.2) is 44.5 Å². The molecular formula is C27H30F3N3O4. The number of aliphatic hydroxyl groups excluding tert-OH is 1. The Labute approximate surface area is 212 Å². The molecule has 1 atom stereocenters. The molecule has 4 rings (SSSR count). The summed E-state index contributed by atoms with van der Waals surface area (Å²) in [7, 11) is 0. The number of halogens is 3. The Balaban J connectivity index is 1.50. The maximum absolute atomic E-state index is 13.2. The molecule has 0 saturated heterocycles. The number of alkyl halides is 3. The van der Waals surface area contributed by atoms with E-state index in [1.807, 2.05) is 6.92 Å². The van der Waals surface area contributed by atoms with Crippen LogP contribution in [0.2, 0.25) is 0 Å². The predicted molar refractivity (Wildman–Crippen MR) is 131 cm³/mol. The van der Waals surface area contributed by atoms with E-state index in [0.29, 0.717) is 22.0 Å². The summed E-state index contributed by atoms with van der Waals surface area (Å²) in [6.45, 7) is 1.90. The van der Waals surface area contributed by atoms with E-state index in [4.69, 9.17) is 5.11 Å². The highest BCUT2D eigenvalue weighted by molar-refractivity contribution is 6.07. The summed E-state index contributed by atoms with van der Waals surface area (Å²) in [4.78, 5) is 24.2. The quantitative estimate of drug-likeness (QED) is 0.399. The van der Waals surface area contributed by atoms with Gasteiger partial charge in [-0.1, -0.05) is 18.2 Å². The molecule has 0 spiro atoms. The molecule has 1 aliphatic rings. The van der Waals surface area contributed by atoms with Crippen molar-refractivity contribution >= 4 is 22.8 Å². The van der Waals surface area contributed by atoms with Gasteiger partial charge in [-0.2, -0.15) is 18.3 Å². The van der Waals surface area contributed by atoms with E-state index in [0.717, 1.165) is 43.4 Å².